The zero-order valence-electron chi connectivity index (χ0n) is 14.5. The van der Waals surface area contributed by atoms with Gasteiger partial charge < -0.3 is 14.4 Å². The average molecular weight is 353 g/mol. The predicted octanol–water partition coefficient (Wildman–Crippen LogP) is 4.10. The van der Waals surface area contributed by atoms with Gasteiger partial charge in [0.15, 0.2) is 0 Å². The normalized spacial score (nSPS) is 23.8. The van der Waals surface area contributed by atoms with Gasteiger partial charge in [0.1, 0.15) is 5.75 Å². The minimum absolute atomic E-state index is 0.0198. The van der Waals surface area contributed by atoms with Gasteiger partial charge in [-0.2, -0.15) is 8.78 Å². The first-order valence-electron chi connectivity index (χ1n) is 9.07. The molecule has 0 unspecified atom stereocenters. The van der Waals surface area contributed by atoms with Gasteiger partial charge in [-0.25, -0.2) is 0 Å². The van der Waals surface area contributed by atoms with Crippen molar-refractivity contribution in [1.82, 2.24) is 4.90 Å². The number of unbranched alkanes of at least 4 members (excludes halogenated alkanes) is 1. The van der Waals surface area contributed by atoms with E-state index in [1.165, 1.54) is 6.07 Å². The summed E-state index contributed by atoms with van der Waals surface area (Å²) in [7, 11) is 0. The van der Waals surface area contributed by atoms with E-state index in [1.807, 2.05) is 0 Å². The van der Waals surface area contributed by atoms with Gasteiger partial charge in [-0.05, 0) is 37.3 Å². The molecule has 6 heteroatoms. The molecule has 0 radical (unpaired) electrons. The van der Waals surface area contributed by atoms with Gasteiger partial charge in [0.05, 0.1) is 17.8 Å². The number of morpholine rings is 1. The average Bonchev–Trinajstić information content (AvgIpc) is 3.44. The zero-order valence-corrected chi connectivity index (χ0v) is 14.5. The van der Waals surface area contributed by atoms with E-state index in [2.05, 4.69) is 11.7 Å². The highest BCUT2D eigenvalue weighted by Gasteiger charge is 2.40. The van der Waals surface area contributed by atoms with Gasteiger partial charge >= 0.3 is 6.61 Å². The van der Waals surface area contributed by atoms with Gasteiger partial charge in [-0.1, -0.05) is 31.9 Å². The van der Waals surface area contributed by atoms with Crippen LogP contribution in [0.1, 0.15) is 49.4 Å². The van der Waals surface area contributed by atoms with E-state index in [0.29, 0.717) is 19.0 Å². The van der Waals surface area contributed by atoms with E-state index in [4.69, 9.17) is 4.74 Å². The number of halogens is 2. The van der Waals surface area contributed by atoms with Crippen molar-refractivity contribution in [1.29, 1.82) is 0 Å². The Hall–Kier alpha value is -1.69. The maximum Gasteiger partial charge on any atom is 0.387 e. The molecule has 25 heavy (non-hydrogen) atoms. The maximum absolute atomic E-state index is 13.0. The molecule has 1 aromatic rings. The molecule has 0 N–H and O–H groups in total. The summed E-state index contributed by atoms with van der Waals surface area (Å²) in [5.74, 6) is 0.195. The van der Waals surface area contributed by atoms with Crippen molar-refractivity contribution in [2.24, 2.45) is 5.92 Å². The molecule has 1 amide bonds. The van der Waals surface area contributed by atoms with Crippen LogP contribution >= 0.6 is 0 Å². The molecule has 1 saturated carbocycles. The van der Waals surface area contributed by atoms with Crippen LogP contribution in [-0.4, -0.2) is 42.7 Å². The predicted molar refractivity (Wildman–Crippen MR) is 89.9 cm³/mol. The quantitative estimate of drug-likeness (QED) is 0.741. The monoisotopic (exact) mass is 353 g/mol. The summed E-state index contributed by atoms with van der Waals surface area (Å²) in [6.07, 6.45) is 5.39. The second kappa shape index (κ2) is 8.13. The van der Waals surface area contributed by atoms with Crippen LogP contribution in [0.2, 0.25) is 0 Å². The molecular weight excluding hydrogens is 328 g/mol. The van der Waals surface area contributed by atoms with Gasteiger partial charge in [-0.3, -0.25) is 4.79 Å². The molecule has 0 spiro atoms. The Labute approximate surface area is 147 Å². The Kier molecular flexibility index (Phi) is 5.89. The highest BCUT2D eigenvalue weighted by atomic mass is 19.3. The number of hydrogen-bond acceptors (Lipinski definition) is 3. The fourth-order valence-electron chi connectivity index (χ4n) is 3.37. The van der Waals surface area contributed by atoms with Crippen LogP contribution < -0.4 is 4.74 Å². The Bertz CT molecular complexity index is 592. The molecule has 1 aromatic carbocycles. The Morgan fingerprint density at radius 1 is 1.32 bits per heavy atom. The number of ether oxygens (including phenoxy) is 2. The lowest BCUT2D eigenvalue weighted by Crippen LogP contribution is -2.50. The standard InChI is InChI=1S/C19H25F2NO3/c1-2-3-6-14-11-22(12-17(24-14)13-9-10-13)18(23)15-7-4-5-8-16(15)25-19(20)21/h4-5,7-8,13-14,17,19H,2-3,6,9-12H2,1H3/t14-,17-/m1/s1. The third-order valence-corrected chi connectivity index (χ3v) is 4.84. The van der Waals surface area contributed by atoms with Crippen molar-refractivity contribution < 1.29 is 23.0 Å². The Balaban J connectivity index is 1.75. The van der Waals surface area contributed by atoms with Crippen molar-refractivity contribution in [2.45, 2.75) is 57.8 Å². The molecule has 1 heterocycles. The molecule has 4 nitrogen and oxygen atoms in total. The smallest absolute Gasteiger partial charge is 0.387 e. The molecule has 0 aromatic heterocycles. The number of carbonyl (C=O) groups is 1. The zero-order chi connectivity index (χ0) is 17.8. The summed E-state index contributed by atoms with van der Waals surface area (Å²) >= 11 is 0. The van der Waals surface area contributed by atoms with Crippen LogP contribution in [0, 0.1) is 5.92 Å². The number of carbonyl (C=O) groups excluding carboxylic acids is 1. The third kappa shape index (κ3) is 4.69. The molecule has 1 aliphatic carbocycles. The lowest BCUT2D eigenvalue weighted by molar-refractivity contribution is -0.0877. The highest BCUT2D eigenvalue weighted by Crippen LogP contribution is 2.37. The number of alkyl halides is 2. The summed E-state index contributed by atoms with van der Waals surface area (Å²) in [4.78, 5) is 14.7. The van der Waals surface area contributed by atoms with Gasteiger partial charge in [0, 0.05) is 13.1 Å². The highest BCUT2D eigenvalue weighted by molar-refractivity contribution is 5.97. The van der Waals surface area contributed by atoms with Gasteiger partial charge in [0.25, 0.3) is 5.91 Å². The SMILES string of the molecule is CCCC[C@@H]1CN(C(=O)c2ccccc2OC(F)F)C[C@H](C2CC2)O1. The topological polar surface area (TPSA) is 38.8 Å². The maximum atomic E-state index is 13.0. The lowest BCUT2D eigenvalue weighted by atomic mass is 10.1. The van der Waals surface area contributed by atoms with Crippen molar-refractivity contribution in [2.75, 3.05) is 13.1 Å². The van der Waals surface area contributed by atoms with Crippen LogP contribution in [0.25, 0.3) is 0 Å². The van der Waals surface area contributed by atoms with E-state index < -0.39 is 6.61 Å². The van der Waals surface area contributed by atoms with Crippen molar-refractivity contribution in [3.8, 4) is 5.75 Å². The van der Waals surface area contributed by atoms with Crippen LogP contribution in [0.4, 0.5) is 8.78 Å². The fourth-order valence-corrected chi connectivity index (χ4v) is 3.37. The number of rotatable bonds is 7. The van der Waals surface area contributed by atoms with E-state index in [1.54, 1.807) is 23.1 Å². The van der Waals surface area contributed by atoms with E-state index in [9.17, 15) is 13.6 Å². The van der Waals surface area contributed by atoms with Gasteiger partial charge in [0.2, 0.25) is 0 Å². The fraction of sp³-hybridized carbons (Fsp3) is 0.632. The molecule has 2 atom stereocenters. The van der Waals surface area contributed by atoms with Crippen molar-refractivity contribution in [3.63, 3.8) is 0 Å². The largest absolute Gasteiger partial charge is 0.434 e. The summed E-state index contributed by atoms with van der Waals surface area (Å²) in [5.41, 5.74) is 0.188. The minimum atomic E-state index is -2.95. The number of hydrogen-bond donors (Lipinski definition) is 0. The Morgan fingerprint density at radius 2 is 2.08 bits per heavy atom. The molecular formula is C19H25F2NO3. The first kappa shape index (κ1) is 18.1. The van der Waals surface area contributed by atoms with E-state index >= 15 is 0 Å². The summed E-state index contributed by atoms with van der Waals surface area (Å²) in [5, 5.41) is 0. The Morgan fingerprint density at radius 3 is 2.76 bits per heavy atom. The van der Waals surface area contributed by atoms with E-state index in [-0.39, 0.29) is 29.4 Å². The van der Waals surface area contributed by atoms with Crippen LogP contribution in [0.3, 0.4) is 0 Å². The van der Waals surface area contributed by atoms with Gasteiger partial charge in [-0.15, -0.1) is 0 Å². The lowest BCUT2D eigenvalue weighted by Gasteiger charge is -2.38. The molecule has 2 fully saturated rings. The molecule has 3 rings (SSSR count). The number of para-hydroxylation sites is 1. The molecule has 138 valence electrons. The molecule has 1 aliphatic heterocycles. The van der Waals surface area contributed by atoms with Crippen molar-refractivity contribution in [3.05, 3.63) is 29.8 Å². The van der Waals surface area contributed by atoms with Crippen LogP contribution in [-0.2, 0) is 4.74 Å². The van der Waals surface area contributed by atoms with Crippen molar-refractivity contribution >= 4 is 5.91 Å². The summed E-state index contributed by atoms with van der Waals surface area (Å²) in [6.45, 7) is 0.206. The molecule has 2 aliphatic rings. The third-order valence-electron chi connectivity index (χ3n) is 4.84. The number of nitrogens with zero attached hydrogens (tertiary/aromatic N) is 1. The van der Waals surface area contributed by atoms with E-state index in [0.717, 1.165) is 32.1 Å². The first-order chi connectivity index (χ1) is 12.1. The molecule has 1 saturated heterocycles. The molecule has 0 bridgehead atoms. The number of benzene rings is 1. The first-order valence-corrected chi connectivity index (χ1v) is 9.07. The summed E-state index contributed by atoms with van der Waals surface area (Å²) < 4.78 is 35.9. The minimum Gasteiger partial charge on any atom is -0.434 e. The summed E-state index contributed by atoms with van der Waals surface area (Å²) in [6, 6.07) is 6.21. The number of amides is 1. The van der Waals surface area contributed by atoms with Crippen LogP contribution in [0.15, 0.2) is 24.3 Å². The van der Waals surface area contributed by atoms with Crippen LogP contribution in [0.5, 0.6) is 5.75 Å². The second-order valence-electron chi connectivity index (χ2n) is 6.86. The second-order valence-corrected chi connectivity index (χ2v) is 6.86.